The maximum atomic E-state index is 12.9. The fraction of sp³-hybridized carbons (Fsp3) is 0.647. The summed E-state index contributed by atoms with van der Waals surface area (Å²) in [4.78, 5) is 2.26. The topological polar surface area (TPSA) is 66.0 Å². The minimum absolute atomic E-state index is 0.169. The molecular weight excluding hydrogens is 310 g/mol. The molecular formula is C17H27N3O4. The van der Waals surface area contributed by atoms with Crippen molar-refractivity contribution in [3.05, 3.63) is 17.3 Å². The molecule has 2 heterocycles. The van der Waals surface area contributed by atoms with E-state index in [1.807, 2.05) is 12.1 Å². The first-order valence-electron chi connectivity index (χ1n) is 8.34. The number of hydrogen-bond acceptors (Lipinski definition) is 6. The van der Waals surface area contributed by atoms with E-state index >= 15 is 0 Å². The molecule has 0 aromatic heterocycles. The minimum Gasteiger partial charge on any atom is -0.626 e. The van der Waals surface area contributed by atoms with Crippen molar-refractivity contribution in [2.45, 2.75) is 19.1 Å². The van der Waals surface area contributed by atoms with Crippen LogP contribution in [-0.2, 0) is 9.47 Å². The first kappa shape index (κ1) is 17.3. The van der Waals surface area contributed by atoms with E-state index in [2.05, 4.69) is 10.2 Å². The Balaban J connectivity index is 1.87. The van der Waals surface area contributed by atoms with Crippen LogP contribution in [0.15, 0.2) is 12.1 Å². The van der Waals surface area contributed by atoms with Crippen LogP contribution in [0, 0.1) is 11.1 Å². The van der Waals surface area contributed by atoms with E-state index in [0.29, 0.717) is 12.6 Å². The largest absolute Gasteiger partial charge is 0.626 e. The third-order valence-corrected chi connectivity index (χ3v) is 5.08. The van der Waals surface area contributed by atoms with Gasteiger partial charge in [-0.05, 0) is 25.0 Å². The molecule has 134 valence electrons. The third kappa shape index (κ3) is 2.93. The summed E-state index contributed by atoms with van der Waals surface area (Å²) in [5.74, 6) is 1.12. The predicted molar refractivity (Wildman–Crippen MR) is 95.3 cm³/mol. The Kier molecular flexibility index (Phi) is 4.87. The van der Waals surface area contributed by atoms with E-state index in [4.69, 9.17) is 14.2 Å². The van der Waals surface area contributed by atoms with Crippen LogP contribution < -0.4 is 19.6 Å². The molecule has 1 saturated heterocycles. The molecule has 0 aliphatic carbocycles. The number of piperidine rings is 1. The molecule has 0 amide bonds. The van der Waals surface area contributed by atoms with Crippen LogP contribution in [0.2, 0.25) is 0 Å². The summed E-state index contributed by atoms with van der Waals surface area (Å²) < 4.78 is 15.9. The number of rotatable bonds is 5. The zero-order valence-corrected chi connectivity index (χ0v) is 14.9. The van der Waals surface area contributed by atoms with E-state index in [-0.39, 0.29) is 6.29 Å². The van der Waals surface area contributed by atoms with Gasteiger partial charge in [0.05, 0.1) is 14.2 Å². The molecule has 1 unspecified atom stereocenters. The smallest absolute Gasteiger partial charge is 0.185 e. The summed E-state index contributed by atoms with van der Waals surface area (Å²) in [6, 6.07) is 3.86. The van der Waals surface area contributed by atoms with E-state index < -0.39 is 4.65 Å². The molecule has 1 N–H and O–H groups in total. The lowest BCUT2D eigenvalue weighted by Crippen LogP contribution is -2.42. The van der Waals surface area contributed by atoms with Gasteiger partial charge in [0.2, 0.25) is 0 Å². The summed E-state index contributed by atoms with van der Waals surface area (Å²) in [7, 11) is 6.70. The van der Waals surface area contributed by atoms with E-state index in [9.17, 15) is 5.21 Å². The number of nitrogens with one attached hydrogen (secondary N) is 1. The normalized spacial score (nSPS) is 24.2. The first-order chi connectivity index (χ1) is 11.5. The van der Waals surface area contributed by atoms with Crippen molar-refractivity contribution >= 4 is 17.1 Å². The molecule has 1 aromatic rings. The van der Waals surface area contributed by atoms with Gasteiger partial charge in [0.15, 0.2) is 18.6 Å². The molecule has 7 nitrogen and oxygen atoms in total. The van der Waals surface area contributed by atoms with Crippen LogP contribution >= 0.6 is 0 Å². The van der Waals surface area contributed by atoms with Gasteiger partial charge in [-0.2, -0.15) is 0 Å². The molecule has 1 atom stereocenters. The fourth-order valence-corrected chi connectivity index (χ4v) is 3.84. The van der Waals surface area contributed by atoms with E-state index in [1.165, 1.54) is 0 Å². The van der Waals surface area contributed by atoms with Gasteiger partial charge >= 0.3 is 0 Å². The Morgan fingerprint density at radius 3 is 2.46 bits per heavy atom. The van der Waals surface area contributed by atoms with Crippen molar-refractivity contribution in [1.82, 2.24) is 4.65 Å². The van der Waals surface area contributed by atoms with Crippen molar-refractivity contribution in [2.24, 2.45) is 5.92 Å². The Labute approximate surface area is 143 Å². The van der Waals surface area contributed by atoms with Crippen molar-refractivity contribution in [1.29, 1.82) is 0 Å². The molecule has 0 spiro atoms. The van der Waals surface area contributed by atoms with Gasteiger partial charge < -0.3 is 34.3 Å². The van der Waals surface area contributed by atoms with E-state index in [1.54, 1.807) is 28.4 Å². The van der Waals surface area contributed by atoms with Gasteiger partial charge in [-0.1, -0.05) is 0 Å². The summed E-state index contributed by atoms with van der Waals surface area (Å²) in [5.41, 5.74) is 2.59. The number of hydroxylamine groups is 2. The second kappa shape index (κ2) is 6.76. The lowest BCUT2D eigenvalue weighted by atomic mass is 9.95. The van der Waals surface area contributed by atoms with Gasteiger partial charge in [0.1, 0.15) is 17.1 Å². The molecule has 0 saturated carbocycles. The van der Waals surface area contributed by atoms with Crippen molar-refractivity contribution in [3.63, 3.8) is 0 Å². The molecule has 1 aromatic carbocycles. The highest BCUT2D eigenvalue weighted by Crippen LogP contribution is 2.49. The summed E-state index contributed by atoms with van der Waals surface area (Å²) >= 11 is 0. The zero-order chi connectivity index (χ0) is 17.3. The van der Waals surface area contributed by atoms with Crippen LogP contribution in [-0.4, -0.2) is 54.4 Å². The van der Waals surface area contributed by atoms with Gasteiger partial charge in [0.25, 0.3) is 0 Å². The zero-order valence-electron chi connectivity index (χ0n) is 14.9. The molecule has 0 radical (unpaired) electrons. The number of quaternary nitrogens is 1. The molecule has 2 aliphatic rings. The summed E-state index contributed by atoms with van der Waals surface area (Å²) in [5, 5.41) is 16.1. The molecule has 24 heavy (non-hydrogen) atoms. The van der Waals surface area contributed by atoms with Gasteiger partial charge in [0, 0.05) is 33.2 Å². The van der Waals surface area contributed by atoms with Crippen molar-refractivity contribution in [3.8, 4) is 5.75 Å². The fourth-order valence-electron chi connectivity index (χ4n) is 3.84. The average molecular weight is 337 g/mol. The molecule has 2 aliphatic heterocycles. The highest BCUT2D eigenvalue weighted by molar-refractivity contribution is 5.89. The second-order valence-corrected chi connectivity index (χ2v) is 6.61. The van der Waals surface area contributed by atoms with E-state index in [0.717, 1.165) is 48.7 Å². The second-order valence-electron chi connectivity index (χ2n) is 6.61. The number of anilines is 2. The standard InChI is InChI=1S/C17H27N3O4/c1-20(21)11-18-13-5-6-14(22-2)15(16(13)20)19-9-7-12(8-10-19)17(23-3)24-4/h5-6,12,17-18H,7-11H2,1-4H3. The molecule has 3 rings (SSSR count). The third-order valence-electron chi connectivity index (χ3n) is 5.08. The highest BCUT2D eigenvalue weighted by Gasteiger charge is 2.36. The quantitative estimate of drug-likeness (QED) is 0.505. The Morgan fingerprint density at radius 1 is 1.21 bits per heavy atom. The van der Waals surface area contributed by atoms with Crippen molar-refractivity contribution in [2.75, 3.05) is 58.4 Å². The summed E-state index contributed by atoms with van der Waals surface area (Å²) in [6.45, 7) is 2.04. The maximum absolute atomic E-state index is 12.9. The van der Waals surface area contributed by atoms with Crippen LogP contribution in [0.3, 0.4) is 0 Å². The van der Waals surface area contributed by atoms with Crippen molar-refractivity contribution < 1.29 is 14.2 Å². The monoisotopic (exact) mass is 337 g/mol. The maximum Gasteiger partial charge on any atom is 0.185 e. The number of benzene rings is 1. The Morgan fingerprint density at radius 2 is 1.88 bits per heavy atom. The predicted octanol–water partition coefficient (Wildman–Crippen LogP) is 2.35. The van der Waals surface area contributed by atoms with Crippen LogP contribution in [0.1, 0.15) is 12.8 Å². The molecule has 7 heteroatoms. The number of nitrogens with zero attached hydrogens (tertiary/aromatic N) is 2. The first-order valence-corrected chi connectivity index (χ1v) is 8.34. The highest BCUT2D eigenvalue weighted by atomic mass is 16.7. The molecule has 0 bridgehead atoms. The average Bonchev–Trinajstić information content (AvgIpc) is 2.91. The van der Waals surface area contributed by atoms with Crippen LogP contribution in [0.25, 0.3) is 0 Å². The molecule has 1 fully saturated rings. The number of fused-ring (bicyclic) bond motifs is 1. The SMILES string of the molecule is COc1ccc2c(c1N1CCC(C(OC)OC)CC1)[N+](C)([O-])CN2. The Hall–Kier alpha value is -1.54. The van der Waals surface area contributed by atoms with Gasteiger partial charge in [-0.15, -0.1) is 0 Å². The van der Waals surface area contributed by atoms with Crippen LogP contribution in [0.5, 0.6) is 5.75 Å². The minimum atomic E-state index is -0.430. The number of ether oxygens (including phenoxy) is 3. The summed E-state index contributed by atoms with van der Waals surface area (Å²) in [6.07, 6.45) is 1.74. The number of hydrogen-bond donors (Lipinski definition) is 1. The van der Waals surface area contributed by atoms with Gasteiger partial charge in [-0.25, -0.2) is 0 Å². The van der Waals surface area contributed by atoms with Gasteiger partial charge in [-0.3, -0.25) is 0 Å². The van der Waals surface area contributed by atoms with Crippen LogP contribution in [0.4, 0.5) is 17.1 Å². The Bertz CT molecular complexity index is 581. The lowest BCUT2D eigenvalue weighted by Gasteiger charge is -2.40. The lowest BCUT2D eigenvalue weighted by molar-refractivity contribution is -0.141. The number of methoxy groups -OCH3 is 3.